The van der Waals surface area contributed by atoms with Crippen LogP contribution in [0.25, 0.3) is 0 Å². The van der Waals surface area contributed by atoms with E-state index in [-0.39, 0.29) is 22.1 Å². The Balaban J connectivity index is 1.60. The van der Waals surface area contributed by atoms with Crippen LogP contribution in [0.15, 0.2) is 52.7 Å². The van der Waals surface area contributed by atoms with Gasteiger partial charge < -0.3 is 10.1 Å². The highest BCUT2D eigenvalue weighted by atomic mass is 35.5. The van der Waals surface area contributed by atoms with E-state index in [9.17, 15) is 13.2 Å². The maximum Gasteiger partial charge on any atom is 0.262 e. The predicted octanol–water partition coefficient (Wildman–Crippen LogP) is 4.67. The summed E-state index contributed by atoms with van der Waals surface area (Å²) in [5.41, 5.74) is 1.50. The zero-order chi connectivity index (χ0) is 23.1. The normalized spacial score (nSPS) is 11.2. The van der Waals surface area contributed by atoms with Gasteiger partial charge in [-0.3, -0.25) is 9.52 Å². The number of hydrogen-bond acceptors (Lipinski definition) is 6. The molecule has 0 unspecified atom stereocenters. The molecule has 0 saturated heterocycles. The number of thiazole rings is 1. The molecule has 1 amide bonds. The van der Waals surface area contributed by atoms with Crippen molar-refractivity contribution in [2.45, 2.75) is 31.1 Å². The second-order valence-corrected chi connectivity index (χ2v) is 10.1. The number of aryl methyl sites for hydroxylation is 2. The lowest BCUT2D eigenvalue weighted by Gasteiger charge is -2.13. The first-order valence-corrected chi connectivity index (χ1v) is 12.7. The van der Waals surface area contributed by atoms with Crippen molar-refractivity contribution in [3.05, 3.63) is 69.1 Å². The second-order valence-electron chi connectivity index (χ2n) is 7.07. The third kappa shape index (κ3) is 6.44. The smallest absolute Gasteiger partial charge is 0.262 e. The molecule has 1 aromatic heterocycles. The molecule has 0 spiro atoms. The minimum atomic E-state index is -3.95. The highest BCUT2D eigenvalue weighted by Gasteiger charge is 2.18. The molecule has 0 atom stereocenters. The van der Waals surface area contributed by atoms with Crippen molar-refractivity contribution in [3.63, 3.8) is 0 Å². The van der Waals surface area contributed by atoms with Crippen molar-refractivity contribution < 1.29 is 17.9 Å². The Morgan fingerprint density at radius 1 is 1.19 bits per heavy atom. The Bertz CT molecular complexity index is 1200. The van der Waals surface area contributed by atoms with Gasteiger partial charge in [-0.1, -0.05) is 17.7 Å². The molecule has 0 bridgehead atoms. The Morgan fingerprint density at radius 3 is 2.72 bits per heavy atom. The zero-order valence-corrected chi connectivity index (χ0v) is 20.1. The summed E-state index contributed by atoms with van der Waals surface area (Å²) >= 11 is 7.62. The fourth-order valence-corrected chi connectivity index (χ4v) is 5.09. The third-order valence-electron chi connectivity index (χ3n) is 4.58. The molecule has 0 aliphatic carbocycles. The van der Waals surface area contributed by atoms with Gasteiger partial charge in [0.2, 0.25) is 0 Å². The van der Waals surface area contributed by atoms with Crippen LogP contribution in [-0.2, 0) is 16.4 Å². The van der Waals surface area contributed by atoms with Gasteiger partial charge in [0.25, 0.3) is 15.9 Å². The number of carbonyl (C=O) groups excluding carboxylic acids is 1. The standard InChI is InChI=1S/C22H24ClN3O4S2/c1-15-14-31-21(25-15)8-3-4-11-24-22(27)16-6-5-7-18(12-16)32(28,29)26-19-13-17(23)9-10-20(19)30-2/h5-7,9-10,12-14,26H,3-4,8,11H2,1-2H3,(H,24,27). The number of aromatic nitrogens is 1. The lowest BCUT2D eigenvalue weighted by atomic mass is 10.2. The number of unbranched alkanes of at least 4 members (excludes halogenated alkanes) is 1. The van der Waals surface area contributed by atoms with Crippen molar-refractivity contribution in [2.24, 2.45) is 0 Å². The number of methoxy groups -OCH3 is 1. The molecule has 3 aromatic rings. The average molecular weight is 494 g/mol. The van der Waals surface area contributed by atoms with E-state index >= 15 is 0 Å². The van der Waals surface area contributed by atoms with Crippen molar-refractivity contribution in [3.8, 4) is 5.75 Å². The topological polar surface area (TPSA) is 97.4 Å². The van der Waals surface area contributed by atoms with Crippen LogP contribution in [0.2, 0.25) is 5.02 Å². The van der Waals surface area contributed by atoms with Crippen LogP contribution in [0.5, 0.6) is 5.75 Å². The number of amides is 1. The molecule has 7 nitrogen and oxygen atoms in total. The predicted molar refractivity (Wildman–Crippen MR) is 127 cm³/mol. The number of nitrogens with zero attached hydrogens (tertiary/aromatic N) is 1. The highest BCUT2D eigenvalue weighted by Crippen LogP contribution is 2.30. The van der Waals surface area contributed by atoms with Gasteiger partial charge in [-0.15, -0.1) is 11.3 Å². The van der Waals surface area contributed by atoms with E-state index in [4.69, 9.17) is 16.3 Å². The fourth-order valence-electron chi connectivity index (χ4n) is 2.99. The maximum atomic E-state index is 12.8. The minimum absolute atomic E-state index is 0.0358. The number of rotatable bonds is 10. The fraction of sp³-hybridized carbons (Fsp3) is 0.273. The lowest BCUT2D eigenvalue weighted by molar-refractivity contribution is 0.0953. The summed E-state index contributed by atoms with van der Waals surface area (Å²) in [6.45, 7) is 2.47. The van der Waals surface area contributed by atoms with Crippen LogP contribution in [0, 0.1) is 6.92 Å². The van der Waals surface area contributed by atoms with Crippen molar-refractivity contribution in [1.29, 1.82) is 0 Å². The molecule has 0 fully saturated rings. The summed E-state index contributed by atoms with van der Waals surface area (Å²) in [5, 5.41) is 6.31. The molecule has 1 heterocycles. The molecule has 32 heavy (non-hydrogen) atoms. The minimum Gasteiger partial charge on any atom is -0.495 e. The average Bonchev–Trinajstić information content (AvgIpc) is 3.18. The van der Waals surface area contributed by atoms with Crippen LogP contribution in [0.1, 0.15) is 33.9 Å². The van der Waals surface area contributed by atoms with E-state index in [0.29, 0.717) is 17.3 Å². The monoisotopic (exact) mass is 493 g/mol. The maximum absolute atomic E-state index is 12.8. The summed E-state index contributed by atoms with van der Waals surface area (Å²) in [4.78, 5) is 16.9. The van der Waals surface area contributed by atoms with Crippen LogP contribution in [0.4, 0.5) is 5.69 Å². The first kappa shape index (κ1) is 24.0. The summed E-state index contributed by atoms with van der Waals surface area (Å²) in [6, 6.07) is 10.5. The van der Waals surface area contributed by atoms with Crippen molar-refractivity contribution in [1.82, 2.24) is 10.3 Å². The molecule has 2 aromatic carbocycles. The molecule has 0 radical (unpaired) electrons. The molecule has 2 N–H and O–H groups in total. The molecule has 0 saturated carbocycles. The van der Waals surface area contributed by atoms with E-state index in [0.717, 1.165) is 30.0 Å². The van der Waals surface area contributed by atoms with Gasteiger partial charge in [-0.2, -0.15) is 0 Å². The van der Waals surface area contributed by atoms with Gasteiger partial charge in [-0.25, -0.2) is 13.4 Å². The number of benzene rings is 2. The van der Waals surface area contributed by atoms with Gasteiger partial charge >= 0.3 is 0 Å². The summed E-state index contributed by atoms with van der Waals surface area (Å²) in [7, 11) is -2.52. The van der Waals surface area contributed by atoms with E-state index in [1.165, 1.54) is 31.4 Å². The van der Waals surface area contributed by atoms with Gasteiger partial charge in [0.05, 0.1) is 22.7 Å². The van der Waals surface area contributed by atoms with Gasteiger partial charge in [0.1, 0.15) is 5.75 Å². The van der Waals surface area contributed by atoms with Crippen molar-refractivity contribution in [2.75, 3.05) is 18.4 Å². The van der Waals surface area contributed by atoms with E-state index < -0.39 is 10.0 Å². The summed E-state index contributed by atoms with van der Waals surface area (Å²) < 4.78 is 33.3. The number of nitrogens with one attached hydrogen (secondary N) is 2. The molecular weight excluding hydrogens is 470 g/mol. The molecule has 0 aliphatic rings. The SMILES string of the molecule is COc1ccc(Cl)cc1NS(=O)(=O)c1cccc(C(=O)NCCCCc2nc(C)cs2)c1. The Morgan fingerprint density at radius 2 is 2.00 bits per heavy atom. The first-order valence-electron chi connectivity index (χ1n) is 9.94. The quantitative estimate of drug-likeness (QED) is 0.400. The largest absolute Gasteiger partial charge is 0.495 e. The molecule has 10 heteroatoms. The summed E-state index contributed by atoms with van der Waals surface area (Å²) in [5.74, 6) is 0.00672. The van der Waals surface area contributed by atoms with Gasteiger partial charge in [0, 0.05) is 28.2 Å². The van der Waals surface area contributed by atoms with Crippen LogP contribution in [0.3, 0.4) is 0 Å². The lowest BCUT2D eigenvalue weighted by Crippen LogP contribution is -2.25. The number of halogens is 1. The highest BCUT2D eigenvalue weighted by molar-refractivity contribution is 7.92. The number of ether oxygens (including phenoxy) is 1. The number of hydrogen-bond donors (Lipinski definition) is 2. The van der Waals surface area contributed by atoms with Crippen LogP contribution < -0.4 is 14.8 Å². The molecular formula is C22H24ClN3O4S2. The number of carbonyl (C=O) groups is 1. The number of anilines is 1. The Kier molecular flexibility index (Phi) is 8.11. The van der Waals surface area contributed by atoms with Crippen LogP contribution in [-0.4, -0.2) is 33.0 Å². The molecule has 3 rings (SSSR count). The molecule has 0 aliphatic heterocycles. The summed E-state index contributed by atoms with van der Waals surface area (Å²) in [6.07, 6.45) is 2.59. The first-order chi connectivity index (χ1) is 15.3. The Hall–Kier alpha value is -2.62. The van der Waals surface area contributed by atoms with Gasteiger partial charge in [0.15, 0.2) is 0 Å². The second kappa shape index (κ2) is 10.8. The Labute approximate surface area is 196 Å². The third-order valence-corrected chi connectivity index (χ3v) is 7.21. The van der Waals surface area contributed by atoms with Crippen molar-refractivity contribution >= 4 is 44.6 Å². The van der Waals surface area contributed by atoms with E-state index in [2.05, 4.69) is 15.0 Å². The van der Waals surface area contributed by atoms with Gasteiger partial charge in [-0.05, 0) is 62.6 Å². The van der Waals surface area contributed by atoms with E-state index in [1.54, 1.807) is 29.5 Å². The van der Waals surface area contributed by atoms with Crippen LogP contribution >= 0.6 is 22.9 Å². The van der Waals surface area contributed by atoms with E-state index in [1.807, 2.05) is 12.3 Å². The zero-order valence-electron chi connectivity index (χ0n) is 17.7. The number of sulfonamides is 1. The molecule has 170 valence electrons.